The molecule has 0 aliphatic rings. The van der Waals surface area contributed by atoms with Crippen LogP contribution in [0.3, 0.4) is 0 Å². The van der Waals surface area contributed by atoms with Gasteiger partial charge in [0, 0.05) is 7.05 Å². The maximum Gasteiger partial charge on any atom is 0.331 e. The fourth-order valence-corrected chi connectivity index (χ4v) is 1.55. The van der Waals surface area contributed by atoms with E-state index in [9.17, 15) is 14.9 Å². The summed E-state index contributed by atoms with van der Waals surface area (Å²) in [5, 5.41) is 13.6. The molecule has 1 heterocycles. The SMILES string of the molecule is CN/C(=C(/C=O)[N+](=O)[O-])C(C)Oc1ccc(Cl)nc1. The Hall–Kier alpha value is -2.15. The molecular weight excluding hydrogens is 274 g/mol. The minimum absolute atomic E-state index is 0.0787. The van der Waals surface area contributed by atoms with Gasteiger partial charge >= 0.3 is 5.70 Å². The molecule has 0 saturated heterocycles. The highest BCUT2D eigenvalue weighted by molar-refractivity contribution is 6.29. The van der Waals surface area contributed by atoms with E-state index in [4.69, 9.17) is 16.3 Å². The van der Waals surface area contributed by atoms with Crippen molar-refractivity contribution in [2.75, 3.05) is 7.05 Å². The Morgan fingerprint density at radius 3 is 2.74 bits per heavy atom. The summed E-state index contributed by atoms with van der Waals surface area (Å²) in [4.78, 5) is 24.5. The quantitative estimate of drug-likeness (QED) is 0.279. The zero-order chi connectivity index (χ0) is 14.4. The Bertz CT molecular complexity index is 501. The van der Waals surface area contributed by atoms with E-state index >= 15 is 0 Å². The van der Waals surface area contributed by atoms with E-state index < -0.39 is 16.7 Å². The number of aromatic nitrogens is 1. The molecule has 8 heteroatoms. The highest BCUT2D eigenvalue weighted by Gasteiger charge is 2.23. The zero-order valence-electron chi connectivity index (χ0n) is 10.3. The molecule has 0 aliphatic carbocycles. The lowest BCUT2D eigenvalue weighted by molar-refractivity contribution is -0.419. The van der Waals surface area contributed by atoms with Crippen molar-refractivity contribution >= 4 is 17.9 Å². The van der Waals surface area contributed by atoms with Gasteiger partial charge in [-0.05, 0) is 19.1 Å². The first kappa shape index (κ1) is 14.9. The molecule has 0 fully saturated rings. The van der Waals surface area contributed by atoms with Crippen LogP contribution >= 0.6 is 11.6 Å². The Kier molecular flexibility index (Phi) is 5.25. The van der Waals surface area contributed by atoms with Crippen molar-refractivity contribution in [3.05, 3.63) is 45.0 Å². The third-order valence-corrected chi connectivity index (χ3v) is 2.50. The van der Waals surface area contributed by atoms with Crippen LogP contribution in [0, 0.1) is 10.1 Å². The Morgan fingerprint density at radius 2 is 2.32 bits per heavy atom. The van der Waals surface area contributed by atoms with Gasteiger partial charge in [0.25, 0.3) is 0 Å². The van der Waals surface area contributed by atoms with Crippen LogP contribution in [-0.4, -0.2) is 29.3 Å². The average molecular weight is 286 g/mol. The molecule has 102 valence electrons. The molecule has 1 aromatic heterocycles. The van der Waals surface area contributed by atoms with Gasteiger partial charge in [-0.1, -0.05) is 11.6 Å². The lowest BCUT2D eigenvalue weighted by atomic mass is 10.2. The molecule has 0 aliphatic heterocycles. The van der Waals surface area contributed by atoms with Gasteiger partial charge in [-0.15, -0.1) is 0 Å². The second kappa shape index (κ2) is 6.69. The number of carbonyl (C=O) groups is 1. The number of likely N-dealkylation sites (N-methyl/N-ethyl adjacent to an activating group) is 1. The van der Waals surface area contributed by atoms with Crippen LogP contribution in [-0.2, 0) is 4.79 Å². The molecule has 7 nitrogen and oxygen atoms in total. The van der Waals surface area contributed by atoms with Crippen LogP contribution in [0.4, 0.5) is 0 Å². The summed E-state index contributed by atoms with van der Waals surface area (Å²) >= 11 is 5.63. The van der Waals surface area contributed by atoms with Crippen LogP contribution in [0.2, 0.25) is 5.15 Å². The zero-order valence-corrected chi connectivity index (χ0v) is 11.0. The van der Waals surface area contributed by atoms with E-state index in [1.54, 1.807) is 13.0 Å². The van der Waals surface area contributed by atoms with Crippen LogP contribution in [0.1, 0.15) is 6.92 Å². The summed E-state index contributed by atoms with van der Waals surface area (Å²) in [6, 6.07) is 3.10. The van der Waals surface area contributed by atoms with Gasteiger partial charge in [0.05, 0.1) is 11.1 Å². The molecule has 1 N–H and O–H groups in total. The molecule has 1 rings (SSSR count). The molecule has 0 aromatic carbocycles. The van der Waals surface area contributed by atoms with Crippen LogP contribution in [0.5, 0.6) is 5.75 Å². The van der Waals surface area contributed by atoms with E-state index in [0.717, 1.165) is 0 Å². The summed E-state index contributed by atoms with van der Waals surface area (Å²) in [5.41, 5.74) is -0.494. The number of rotatable bonds is 6. The fraction of sp³-hybridized carbons (Fsp3) is 0.273. The van der Waals surface area contributed by atoms with Gasteiger partial charge < -0.3 is 10.1 Å². The Morgan fingerprint density at radius 1 is 1.63 bits per heavy atom. The number of hydrogen-bond donors (Lipinski definition) is 1. The summed E-state index contributed by atoms with van der Waals surface area (Å²) < 4.78 is 5.45. The number of allylic oxidation sites excluding steroid dienone is 1. The number of nitrogens with zero attached hydrogens (tertiary/aromatic N) is 2. The minimum Gasteiger partial charge on any atom is -0.483 e. The third kappa shape index (κ3) is 3.92. The van der Waals surface area contributed by atoms with Gasteiger partial charge in [0.2, 0.25) is 6.29 Å². The van der Waals surface area contributed by atoms with E-state index in [-0.39, 0.29) is 12.0 Å². The number of halogens is 1. The topological polar surface area (TPSA) is 94.4 Å². The second-order valence-electron chi connectivity index (χ2n) is 3.50. The molecule has 0 amide bonds. The van der Waals surface area contributed by atoms with Gasteiger partial charge in [-0.25, -0.2) is 4.98 Å². The summed E-state index contributed by atoms with van der Waals surface area (Å²) in [5.74, 6) is 0.387. The van der Waals surface area contributed by atoms with E-state index in [2.05, 4.69) is 10.3 Å². The maximum atomic E-state index is 10.7. The van der Waals surface area contributed by atoms with Crippen molar-refractivity contribution in [3.8, 4) is 5.75 Å². The Balaban J connectivity index is 2.96. The average Bonchev–Trinajstić information content (AvgIpc) is 2.37. The third-order valence-electron chi connectivity index (χ3n) is 2.27. The molecule has 1 atom stereocenters. The molecule has 0 bridgehead atoms. The maximum absolute atomic E-state index is 10.7. The largest absolute Gasteiger partial charge is 0.483 e. The number of hydrogen-bond acceptors (Lipinski definition) is 6. The number of carbonyl (C=O) groups excluding carboxylic acids is 1. The monoisotopic (exact) mass is 285 g/mol. The normalized spacial score (nSPS) is 13.2. The number of pyridine rings is 1. The first-order chi connectivity index (χ1) is 8.99. The van der Waals surface area contributed by atoms with Crippen LogP contribution in [0.25, 0.3) is 0 Å². The summed E-state index contributed by atoms with van der Waals surface area (Å²) in [7, 11) is 1.47. The highest BCUT2D eigenvalue weighted by Crippen LogP contribution is 2.17. The van der Waals surface area contributed by atoms with E-state index in [1.165, 1.54) is 19.3 Å². The number of nitro groups is 1. The smallest absolute Gasteiger partial charge is 0.331 e. The highest BCUT2D eigenvalue weighted by atomic mass is 35.5. The van der Waals surface area contributed by atoms with Gasteiger partial charge in [-0.2, -0.15) is 0 Å². The molecule has 1 unspecified atom stereocenters. The fourth-order valence-electron chi connectivity index (χ4n) is 1.44. The van der Waals surface area contributed by atoms with Crippen molar-refractivity contribution in [1.29, 1.82) is 0 Å². The van der Waals surface area contributed by atoms with E-state index in [1.807, 2.05) is 0 Å². The van der Waals surface area contributed by atoms with Crippen molar-refractivity contribution in [1.82, 2.24) is 10.3 Å². The molecule has 19 heavy (non-hydrogen) atoms. The summed E-state index contributed by atoms with van der Waals surface area (Å²) in [6.45, 7) is 1.58. The van der Waals surface area contributed by atoms with Crippen LogP contribution < -0.4 is 10.1 Å². The van der Waals surface area contributed by atoms with Crippen LogP contribution in [0.15, 0.2) is 29.7 Å². The first-order valence-electron chi connectivity index (χ1n) is 5.29. The summed E-state index contributed by atoms with van der Waals surface area (Å²) in [6.07, 6.45) is 0.851. The number of nitrogens with one attached hydrogen (secondary N) is 1. The van der Waals surface area contributed by atoms with Crippen molar-refractivity contribution in [2.24, 2.45) is 0 Å². The Labute approximate surface area is 114 Å². The molecule has 0 spiro atoms. The number of aldehydes is 1. The van der Waals surface area contributed by atoms with Crippen molar-refractivity contribution in [3.63, 3.8) is 0 Å². The van der Waals surface area contributed by atoms with Gasteiger partial charge in [-0.3, -0.25) is 14.9 Å². The van der Waals surface area contributed by atoms with Crippen molar-refractivity contribution < 1.29 is 14.5 Å². The van der Waals surface area contributed by atoms with Gasteiger partial charge in [0.15, 0.2) is 0 Å². The molecular formula is C11H12ClN3O4. The molecule has 0 saturated carbocycles. The lowest BCUT2D eigenvalue weighted by Crippen LogP contribution is -2.28. The predicted molar refractivity (Wildman–Crippen MR) is 68.5 cm³/mol. The second-order valence-corrected chi connectivity index (χ2v) is 3.89. The minimum atomic E-state index is -0.765. The molecule has 1 aromatic rings. The molecule has 0 radical (unpaired) electrons. The van der Waals surface area contributed by atoms with E-state index in [0.29, 0.717) is 10.9 Å². The van der Waals surface area contributed by atoms with Gasteiger partial charge in [0.1, 0.15) is 22.7 Å². The first-order valence-corrected chi connectivity index (χ1v) is 5.67. The number of ether oxygens (including phenoxy) is 1. The van der Waals surface area contributed by atoms with Crippen molar-refractivity contribution in [2.45, 2.75) is 13.0 Å². The predicted octanol–water partition coefficient (Wildman–Crippen LogP) is 1.41. The lowest BCUT2D eigenvalue weighted by Gasteiger charge is -2.16. The standard InChI is InChI=1S/C11H12ClN3O4/c1-7(11(13-2)9(6-16)15(17)18)19-8-3-4-10(12)14-5-8/h3-7,13H,1-2H3/b11-9-.